The molecule has 5 heteroatoms. The molecule has 0 bridgehead atoms. The van der Waals surface area contributed by atoms with E-state index in [9.17, 15) is 0 Å². The topological polar surface area (TPSA) is 87.7 Å². The van der Waals surface area contributed by atoms with Gasteiger partial charge in [0.05, 0.1) is 5.69 Å². The van der Waals surface area contributed by atoms with Gasteiger partial charge >= 0.3 is 0 Å². The second-order valence-corrected chi connectivity index (χ2v) is 3.17. The van der Waals surface area contributed by atoms with Gasteiger partial charge in [-0.1, -0.05) is 6.07 Å². The number of hydrogen-bond donors (Lipinski definition) is 3. The van der Waals surface area contributed by atoms with Gasteiger partial charge in [-0.2, -0.15) is 0 Å². The van der Waals surface area contributed by atoms with E-state index >= 15 is 0 Å². The van der Waals surface area contributed by atoms with Crippen molar-refractivity contribution in [2.24, 2.45) is 0 Å². The van der Waals surface area contributed by atoms with Gasteiger partial charge in [-0.15, -0.1) is 0 Å². The number of nitrogens with one attached hydrogen (secondary N) is 2. The Morgan fingerprint density at radius 1 is 1.31 bits per heavy atom. The zero-order valence-electron chi connectivity index (χ0n) is 8.51. The zero-order chi connectivity index (χ0) is 11.4. The van der Waals surface area contributed by atoms with Gasteiger partial charge in [-0.3, -0.25) is 0 Å². The van der Waals surface area contributed by atoms with Gasteiger partial charge in [-0.05, 0) is 18.2 Å². The van der Waals surface area contributed by atoms with Gasteiger partial charge in [-0.25, -0.2) is 9.97 Å². The number of aromatic nitrogens is 2. The molecule has 1 aromatic carbocycles. The van der Waals surface area contributed by atoms with Crippen LogP contribution in [0.1, 0.15) is 5.56 Å². The highest BCUT2D eigenvalue weighted by Gasteiger charge is 2.03. The lowest BCUT2D eigenvalue weighted by atomic mass is 10.1. The second-order valence-electron chi connectivity index (χ2n) is 3.17. The molecule has 0 aliphatic rings. The van der Waals surface area contributed by atoms with Crippen molar-refractivity contribution in [1.29, 1.82) is 5.41 Å². The first kappa shape index (κ1) is 10.1. The lowest BCUT2D eigenvalue weighted by Crippen LogP contribution is -2.00. The van der Waals surface area contributed by atoms with E-state index in [2.05, 4.69) is 15.3 Å². The highest BCUT2D eigenvalue weighted by atomic mass is 15.0. The van der Waals surface area contributed by atoms with Crippen LogP contribution in [0.15, 0.2) is 36.8 Å². The molecule has 1 heterocycles. The Morgan fingerprint density at radius 3 is 2.88 bits per heavy atom. The van der Waals surface area contributed by atoms with Crippen LogP contribution in [0.2, 0.25) is 0 Å². The number of hydrogen-bond acceptors (Lipinski definition) is 5. The fourth-order valence-corrected chi connectivity index (χ4v) is 1.36. The van der Waals surface area contributed by atoms with Gasteiger partial charge in [0.25, 0.3) is 0 Å². The molecule has 0 saturated carbocycles. The molecule has 4 N–H and O–H groups in total. The van der Waals surface area contributed by atoms with E-state index < -0.39 is 0 Å². The number of nitrogens with zero attached hydrogens (tertiary/aromatic N) is 2. The molecule has 2 aromatic rings. The smallest absolute Gasteiger partial charge is 0.133 e. The third-order valence-electron chi connectivity index (χ3n) is 2.13. The molecule has 0 aliphatic carbocycles. The maximum Gasteiger partial charge on any atom is 0.133 e. The summed E-state index contributed by atoms with van der Waals surface area (Å²) in [5.74, 6) is 0.670. The lowest BCUT2D eigenvalue weighted by molar-refractivity contribution is 1.17. The van der Waals surface area contributed by atoms with Crippen molar-refractivity contribution in [2.75, 3.05) is 11.1 Å². The minimum absolute atomic E-state index is 0.564. The fraction of sp³-hybridized carbons (Fsp3) is 0. The Kier molecular flexibility index (Phi) is 2.77. The van der Waals surface area contributed by atoms with Gasteiger partial charge in [0.1, 0.15) is 12.1 Å². The summed E-state index contributed by atoms with van der Waals surface area (Å²) in [6.45, 7) is 0. The Balaban J connectivity index is 2.35. The molecule has 0 radical (unpaired) electrons. The molecular weight excluding hydrogens is 202 g/mol. The summed E-state index contributed by atoms with van der Waals surface area (Å²) in [7, 11) is 0. The van der Waals surface area contributed by atoms with Crippen molar-refractivity contribution in [1.82, 2.24) is 9.97 Å². The molecule has 0 spiro atoms. The van der Waals surface area contributed by atoms with E-state index in [1.807, 2.05) is 12.1 Å². The molecule has 1 aromatic heterocycles. The first-order valence-corrected chi connectivity index (χ1v) is 4.73. The molecule has 0 amide bonds. The van der Waals surface area contributed by atoms with Crippen LogP contribution in [0, 0.1) is 5.41 Å². The highest BCUT2D eigenvalue weighted by Crippen LogP contribution is 2.22. The Hall–Kier alpha value is -2.43. The van der Waals surface area contributed by atoms with E-state index in [0.717, 1.165) is 5.69 Å². The van der Waals surface area contributed by atoms with Crippen molar-refractivity contribution in [2.45, 2.75) is 0 Å². The molecule has 0 atom stereocenters. The number of benzene rings is 1. The molecule has 5 nitrogen and oxygen atoms in total. The fourth-order valence-electron chi connectivity index (χ4n) is 1.36. The van der Waals surface area contributed by atoms with Gasteiger partial charge in [0, 0.05) is 23.7 Å². The summed E-state index contributed by atoms with van der Waals surface area (Å²) in [5, 5.41) is 10.4. The van der Waals surface area contributed by atoms with E-state index in [-0.39, 0.29) is 0 Å². The Morgan fingerprint density at radius 2 is 2.19 bits per heavy atom. The summed E-state index contributed by atoms with van der Waals surface area (Å²) in [5.41, 5.74) is 7.74. The van der Waals surface area contributed by atoms with Crippen molar-refractivity contribution < 1.29 is 0 Å². The number of nitrogens with two attached hydrogens (primary N) is 1. The van der Waals surface area contributed by atoms with E-state index in [4.69, 9.17) is 11.1 Å². The Bertz CT molecular complexity index is 495. The third kappa shape index (κ3) is 1.98. The molecule has 0 fully saturated rings. The lowest BCUT2D eigenvalue weighted by Gasteiger charge is -2.09. The molecule has 0 aliphatic heterocycles. The van der Waals surface area contributed by atoms with Gasteiger partial charge < -0.3 is 16.5 Å². The minimum atomic E-state index is 0.564. The second kappa shape index (κ2) is 4.39. The molecule has 80 valence electrons. The average Bonchev–Trinajstić information content (AvgIpc) is 2.31. The standard InChI is InChI=1S/C11H11N5/c12-6-8-9(13)2-1-3-10(8)16-11-4-5-14-7-15-11/h1-7,12H,13H2,(H,14,15,16). The number of anilines is 3. The predicted molar refractivity (Wildman–Crippen MR) is 64.1 cm³/mol. The summed E-state index contributed by atoms with van der Waals surface area (Å²) < 4.78 is 0. The van der Waals surface area contributed by atoms with Crippen LogP contribution in [-0.2, 0) is 0 Å². The summed E-state index contributed by atoms with van der Waals surface area (Å²) in [6.07, 6.45) is 4.32. The predicted octanol–water partition coefficient (Wildman–Crippen LogP) is 1.80. The molecule has 0 unspecified atom stereocenters. The zero-order valence-corrected chi connectivity index (χ0v) is 8.51. The van der Waals surface area contributed by atoms with E-state index in [0.29, 0.717) is 17.1 Å². The van der Waals surface area contributed by atoms with Gasteiger partial charge in [0.2, 0.25) is 0 Å². The van der Waals surface area contributed by atoms with Crippen LogP contribution in [0.3, 0.4) is 0 Å². The monoisotopic (exact) mass is 213 g/mol. The average molecular weight is 213 g/mol. The van der Waals surface area contributed by atoms with Crippen molar-refractivity contribution >= 4 is 23.4 Å². The van der Waals surface area contributed by atoms with Crippen molar-refractivity contribution in [3.63, 3.8) is 0 Å². The summed E-state index contributed by atoms with van der Waals surface area (Å²) in [4.78, 5) is 7.87. The van der Waals surface area contributed by atoms with Crippen LogP contribution < -0.4 is 11.1 Å². The minimum Gasteiger partial charge on any atom is -0.398 e. The van der Waals surface area contributed by atoms with E-state index in [1.54, 1.807) is 18.3 Å². The number of nitrogen functional groups attached to an aromatic ring is 1. The van der Waals surface area contributed by atoms with Crippen LogP contribution in [-0.4, -0.2) is 16.2 Å². The summed E-state index contributed by atoms with van der Waals surface area (Å²) >= 11 is 0. The van der Waals surface area contributed by atoms with Gasteiger partial charge in [0.15, 0.2) is 0 Å². The quantitative estimate of drug-likeness (QED) is 0.536. The normalized spacial score (nSPS) is 9.75. The maximum absolute atomic E-state index is 7.31. The van der Waals surface area contributed by atoms with E-state index in [1.165, 1.54) is 12.5 Å². The SMILES string of the molecule is N=Cc1c(N)cccc1Nc1ccncn1. The van der Waals surface area contributed by atoms with Crippen molar-refractivity contribution in [3.8, 4) is 0 Å². The molecular formula is C11H11N5. The highest BCUT2D eigenvalue weighted by molar-refractivity contribution is 5.93. The first-order chi connectivity index (χ1) is 7.81. The van der Waals surface area contributed by atoms with Crippen LogP contribution >= 0.6 is 0 Å². The van der Waals surface area contributed by atoms with Crippen LogP contribution in [0.5, 0.6) is 0 Å². The van der Waals surface area contributed by atoms with Crippen LogP contribution in [0.25, 0.3) is 0 Å². The maximum atomic E-state index is 7.31. The third-order valence-corrected chi connectivity index (χ3v) is 2.13. The Labute approximate surface area is 92.9 Å². The van der Waals surface area contributed by atoms with Crippen LogP contribution in [0.4, 0.5) is 17.2 Å². The largest absolute Gasteiger partial charge is 0.398 e. The molecule has 0 saturated heterocycles. The van der Waals surface area contributed by atoms with Crippen molar-refractivity contribution in [3.05, 3.63) is 42.4 Å². The first-order valence-electron chi connectivity index (χ1n) is 4.73. The number of rotatable bonds is 3. The summed E-state index contributed by atoms with van der Waals surface area (Å²) in [6, 6.07) is 7.17. The molecule has 16 heavy (non-hydrogen) atoms. The molecule has 2 rings (SSSR count).